The van der Waals surface area contributed by atoms with Gasteiger partial charge in [-0.05, 0) is 50.0 Å². The van der Waals surface area contributed by atoms with Gasteiger partial charge in [0, 0.05) is 32.0 Å². The molecule has 0 radical (unpaired) electrons. The van der Waals surface area contributed by atoms with Crippen LogP contribution in [0.25, 0.3) is 0 Å². The van der Waals surface area contributed by atoms with E-state index in [0.717, 1.165) is 32.1 Å². The Bertz CT molecular complexity index is 695. The summed E-state index contributed by atoms with van der Waals surface area (Å²) >= 11 is 0. The molecule has 6 nitrogen and oxygen atoms in total. The van der Waals surface area contributed by atoms with Crippen LogP contribution in [0.4, 0.5) is 0 Å². The fraction of sp³-hybridized carbons (Fsp3) is 0.524. The van der Waals surface area contributed by atoms with Crippen LogP contribution in [0.1, 0.15) is 37.3 Å². The first-order valence-electron chi connectivity index (χ1n) is 10.1. The predicted octanol–water partition coefficient (Wildman–Crippen LogP) is 3.09. The van der Waals surface area contributed by atoms with Crippen molar-refractivity contribution in [3.63, 3.8) is 0 Å². The van der Waals surface area contributed by atoms with E-state index in [9.17, 15) is 0 Å². The smallest absolute Gasteiger partial charge is 0.191 e. The van der Waals surface area contributed by atoms with E-state index in [1.165, 1.54) is 43.5 Å². The van der Waals surface area contributed by atoms with Gasteiger partial charge in [0.15, 0.2) is 5.96 Å². The third-order valence-electron chi connectivity index (χ3n) is 4.83. The van der Waals surface area contributed by atoms with Crippen molar-refractivity contribution in [1.82, 2.24) is 25.3 Å². The highest BCUT2D eigenvalue weighted by atomic mass is 127. The Morgan fingerprint density at radius 3 is 2.68 bits per heavy atom. The molecule has 0 spiro atoms. The van der Waals surface area contributed by atoms with E-state index in [2.05, 4.69) is 51.8 Å². The minimum atomic E-state index is 0. The average molecular weight is 496 g/mol. The van der Waals surface area contributed by atoms with Crippen LogP contribution in [-0.2, 0) is 13.1 Å². The number of halogens is 1. The van der Waals surface area contributed by atoms with Gasteiger partial charge in [-0.25, -0.2) is 4.99 Å². The quantitative estimate of drug-likeness (QED) is 0.335. The number of aliphatic imine (C=N–C) groups is 1. The van der Waals surface area contributed by atoms with Gasteiger partial charge < -0.3 is 15.5 Å². The van der Waals surface area contributed by atoms with Gasteiger partial charge in [0.25, 0.3) is 0 Å². The van der Waals surface area contributed by atoms with Gasteiger partial charge in [0.05, 0.1) is 13.1 Å². The summed E-state index contributed by atoms with van der Waals surface area (Å²) in [6, 6.07) is 10.5. The number of benzene rings is 1. The maximum atomic E-state index is 4.76. The van der Waals surface area contributed by atoms with Crippen LogP contribution in [0.3, 0.4) is 0 Å². The molecule has 7 heteroatoms. The molecule has 0 amide bonds. The van der Waals surface area contributed by atoms with Crippen LogP contribution >= 0.6 is 24.0 Å². The van der Waals surface area contributed by atoms with Crippen molar-refractivity contribution in [3.05, 3.63) is 53.9 Å². The standard InChI is InChI=1S/C21H32N6.HI/c1-2-22-21(23-11-15-26-12-4-3-5-13-26)24-17-19-8-6-9-20(16-19)18-27-14-7-10-25-27;/h6-10,14,16H,2-5,11-13,15,17-18H2,1H3,(H2,22,23,24);1H. The molecule has 154 valence electrons. The van der Waals surface area contributed by atoms with Crippen molar-refractivity contribution in [2.75, 3.05) is 32.7 Å². The summed E-state index contributed by atoms with van der Waals surface area (Å²) in [7, 11) is 0. The molecular weight excluding hydrogens is 463 g/mol. The van der Waals surface area contributed by atoms with E-state index < -0.39 is 0 Å². The molecule has 0 bridgehead atoms. The predicted molar refractivity (Wildman–Crippen MR) is 126 cm³/mol. The lowest BCUT2D eigenvalue weighted by molar-refractivity contribution is 0.232. The topological polar surface area (TPSA) is 57.5 Å². The largest absolute Gasteiger partial charge is 0.357 e. The van der Waals surface area contributed by atoms with Gasteiger partial charge >= 0.3 is 0 Å². The molecule has 0 saturated carbocycles. The molecule has 0 atom stereocenters. The number of guanidine groups is 1. The minimum absolute atomic E-state index is 0. The van der Waals surface area contributed by atoms with E-state index in [4.69, 9.17) is 4.99 Å². The van der Waals surface area contributed by atoms with E-state index in [1.807, 2.05) is 23.1 Å². The lowest BCUT2D eigenvalue weighted by Gasteiger charge is -2.26. The second-order valence-corrected chi connectivity index (χ2v) is 7.05. The fourth-order valence-electron chi connectivity index (χ4n) is 3.43. The number of hydrogen-bond acceptors (Lipinski definition) is 3. The molecule has 2 heterocycles. The van der Waals surface area contributed by atoms with Crippen LogP contribution in [0.15, 0.2) is 47.7 Å². The number of piperidine rings is 1. The average Bonchev–Trinajstić information content (AvgIpc) is 3.20. The maximum absolute atomic E-state index is 4.76. The lowest BCUT2D eigenvalue weighted by atomic mass is 10.1. The summed E-state index contributed by atoms with van der Waals surface area (Å²) in [6.07, 6.45) is 7.85. The Balaban J connectivity index is 0.00000280. The number of hydrogen-bond donors (Lipinski definition) is 2. The van der Waals surface area contributed by atoms with Gasteiger partial charge in [-0.3, -0.25) is 4.68 Å². The number of nitrogens with one attached hydrogen (secondary N) is 2. The second kappa shape index (κ2) is 12.8. The summed E-state index contributed by atoms with van der Waals surface area (Å²) in [5.74, 6) is 0.895. The van der Waals surface area contributed by atoms with Crippen molar-refractivity contribution < 1.29 is 0 Å². The molecule has 3 rings (SSSR count). The highest BCUT2D eigenvalue weighted by Crippen LogP contribution is 2.09. The van der Waals surface area contributed by atoms with E-state index in [0.29, 0.717) is 6.54 Å². The molecule has 28 heavy (non-hydrogen) atoms. The van der Waals surface area contributed by atoms with Crippen molar-refractivity contribution >= 4 is 29.9 Å². The molecule has 0 aliphatic carbocycles. The van der Waals surface area contributed by atoms with Gasteiger partial charge in [-0.1, -0.05) is 30.7 Å². The number of aromatic nitrogens is 2. The summed E-state index contributed by atoms with van der Waals surface area (Å²) in [4.78, 5) is 7.30. The van der Waals surface area contributed by atoms with Gasteiger partial charge in [-0.15, -0.1) is 24.0 Å². The zero-order valence-corrected chi connectivity index (χ0v) is 19.1. The number of nitrogens with zero attached hydrogens (tertiary/aromatic N) is 4. The Morgan fingerprint density at radius 1 is 1.11 bits per heavy atom. The Labute approximate surface area is 185 Å². The molecule has 1 aliphatic heterocycles. The monoisotopic (exact) mass is 496 g/mol. The molecule has 1 aliphatic rings. The number of rotatable bonds is 8. The minimum Gasteiger partial charge on any atom is -0.357 e. The van der Waals surface area contributed by atoms with Crippen molar-refractivity contribution in [1.29, 1.82) is 0 Å². The molecule has 2 aromatic rings. The first-order valence-corrected chi connectivity index (χ1v) is 10.1. The summed E-state index contributed by atoms with van der Waals surface area (Å²) in [5.41, 5.74) is 2.46. The SMILES string of the molecule is CCNC(=NCc1cccc(Cn2cccn2)c1)NCCN1CCCCC1.I. The van der Waals surface area contributed by atoms with Gasteiger partial charge in [0.2, 0.25) is 0 Å². The van der Waals surface area contributed by atoms with Crippen LogP contribution in [0, 0.1) is 0 Å². The number of likely N-dealkylation sites (tertiary alicyclic amines) is 1. The summed E-state index contributed by atoms with van der Waals surface area (Å²) in [5, 5.41) is 11.1. The molecule has 1 fully saturated rings. The maximum Gasteiger partial charge on any atom is 0.191 e. The van der Waals surface area contributed by atoms with Crippen molar-refractivity contribution in [2.24, 2.45) is 4.99 Å². The molecule has 1 saturated heterocycles. The van der Waals surface area contributed by atoms with E-state index in [1.54, 1.807) is 0 Å². The fourth-order valence-corrected chi connectivity index (χ4v) is 3.43. The van der Waals surface area contributed by atoms with Crippen molar-refractivity contribution in [2.45, 2.75) is 39.3 Å². The van der Waals surface area contributed by atoms with Crippen LogP contribution in [0.5, 0.6) is 0 Å². The molecular formula is C21H33IN6. The molecule has 1 aromatic heterocycles. The summed E-state index contributed by atoms with van der Waals surface area (Å²) in [6.45, 7) is 8.93. The molecule has 0 unspecified atom stereocenters. The second-order valence-electron chi connectivity index (χ2n) is 7.05. The third-order valence-corrected chi connectivity index (χ3v) is 4.83. The van der Waals surface area contributed by atoms with E-state index in [-0.39, 0.29) is 24.0 Å². The zero-order chi connectivity index (χ0) is 18.7. The third kappa shape index (κ3) is 7.79. The highest BCUT2D eigenvalue weighted by molar-refractivity contribution is 14.0. The summed E-state index contributed by atoms with van der Waals surface area (Å²) < 4.78 is 1.94. The van der Waals surface area contributed by atoms with Crippen LogP contribution in [0.2, 0.25) is 0 Å². The van der Waals surface area contributed by atoms with Crippen LogP contribution in [-0.4, -0.2) is 53.4 Å². The van der Waals surface area contributed by atoms with Gasteiger partial charge in [0.1, 0.15) is 0 Å². The first kappa shape index (κ1) is 22.7. The highest BCUT2D eigenvalue weighted by Gasteiger charge is 2.09. The zero-order valence-electron chi connectivity index (χ0n) is 16.8. The Kier molecular flexibility index (Phi) is 10.3. The van der Waals surface area contributed by atoms with Crippen LogP contribution < -0.4 is 10.6 Å². The van der Waals surface area contributed by atoms with Crippen molar-refractivity contribution in [3.8, 4) is 0 Å². The Hall–Kier alpha value is -1.61. The Morgan fingerprint density at radius 2 is 1.93 bits per heavy atom. The molecule has 1 aromatic carbocycles. The first-order chi connectivity index (χ1) is 13.3. The lowest BCUT2D eigenvalue weighted by Crippen LogP contribution is -2.42. The van der Waals surface area contributed by atoms with Gasteiger partial charge in [-0.2, -0.15) is 5.10 Å². The molecule has 2 N–H and O–H groups in total. The van der Waals surface area contributed by atoms with E-state index >= 15 is 0 Å². The normalized spacial score (nSPS) is 15.1.